The van der Waals surface area contributed by atoms with E-state index in [1.165, 1.54) is 6.92 Å². The first-order valence-corrected chi connectivity index (χ1v) is 4.39. The Morgan fingerprint density at radius 1 is 1.44 bits per heavy atom. The summed E-state index contributed by atoms with van der Waals surface area (Å²) in [6, 6.07) is 1.50. The van der Waals surface area contributed by atoms with E-state index in [0.29, 0.717) is 0 Å². The zero-order chi connectivity index (χ0) is 12.5. The van der Waals surface area contributed by atoms with Crippen molar-refractivity contribution < 1.29 is 23.1 Å². The smallest absolute Gasteiger partial charge is 0.416 e. The first kappa shape index (κ1) is 12.5. The van der Waals surface area contributed by atoms with E-state index in [2.05, 4.69) is 0 Å². The maximum atomic E-state index is 12.3. The van der Waals surface area contributed by atoms with E-state index in [1.54, 1.807) is 0 Å². The molecule has 0 saturated heterocycles. The summed E-state index contributed by atoms with van der Waals surface area (Å²) < 4.78 is 36.9. The van der Waals surface area contributed by atoms with E-state index >= 15 is 0 Å². The fourth-order valence-corrected chi connectivity index (χ4v) is 1.33. The van der Waals surface area contributed by atoms with Crippen LogP contribution in [-0.2, 0) is 11.0 Å². The van der Waals surface area contributed by atoms with Crippen molar-refractivity contribution in [2.45, 2.75) is 19.1 Å². The summed E-state index contributed by atoms with van der Waals surface area (Å²) in [5.74, 6) is -1.28. The van der Waals surface area contributed by atoms with Crippen LogP contribution in [0.3, 0.4) is 0 Å². The van der Waals surface area contributed by atoms with Gasteiger partial charge in [0.1, 0.15) is 6.04 Å². The Balaban J connectivity index is 3.15. The summed E-state index contributed by atoms with van der Waals surface area (Å²) in [5, 5.41) is 8.64. The van der Waals surface area contributed by atoms with E-state index in [0.717, 1.165) is 18.2 Å². The largest absolute Gasteiger partial charge is 0.480 e. The minimum absolute atomic E-state index is 0.181. The topological polar surface area (TPSA) is 63.3 Å². The van der Waals surface area contributed by atoms with Gasteiger partial charge < -0.3 is 10.8 Å². The average molecular weight is 233 g/mol. The van der Waals surface area contributed by atoms with E-state index < -0.39 is 23.8 Å². The molecule has 0 aliphatic carbocycles. The van der Waals surface area contributed by atoms with Crippen molar-refractivity contribution in [3.8, 4) is 0 Å². The third-order valence-electron chi connectivity index (χ3n) is 2.20. The molecule has 16 heavy (non-hydrogen) atoms. The summed E-state index contributed by atoms with van der Waals surface area (Å²) in [5.41, 5.74) is 4.90. The number of nitrogens with two attached hydrogens (primary N) is 1. The summed E-state index contributed by atoms with van der Waals surface area (Å²) in [6.45, 7) is 1.40. The third kappa shape index (κ3) is 2.52. The molecule has 0 aliphatic heterocycles. The van der Waals surface area contributed by atoms with Gasteiger partial charge in [0.25, 0.3) is 0 Å². The van der Waals surface area contributed by atoms with Crippen LogP contribution in [-0.4, -0.2) is 11.1 Å². The molecule has 0 amide bonds. The highest BCUT2D eigenvalue weighted by molar-refractivity contribution is 5.75. The molecule has 1 unspecified atom stereocenters. The molecule has 3 nitrogen and oxygen atoms in total. The predicted molar refractivity (Wildman–Crippen MR) is 50.7 cm³/mol. The van der Waals surface area contributed by atoms with Crippen LogP contribution in [0, 0.1) is 6.92 Å². The third-order valence-corrected chi connectivity index (χ3v) is 2.20. The minimum atomic E-state index is -4.43. The molecule has 3 N–H and O–H groups in total. The fraction of sp³-hybridized carbons (Fsp3) is 0.300. The Hall–Kier alpha value is -1.56. The number of carboxylic acid groups (broad SMARTS) is 1. The number of rotatable bonds is 2. The standard InChI is InChI=1S/C10H10F3NO2/c1-5-4-6(10(11,12)13)2-3-7(5)8(14)9(15)16/h2-4,8H,14H2,1H3,(H,15,16). The van der Waals surface area contributed by atoms with Gasteiger partial charge >= 0.3 is 12.1 Å². The highest BCUT2D eigenvalue weighted by Crippen LogP contribution is 2.31. The number of hydrogen-bond donors (Lipinski definition) is 2. The van der Waals surface area contributed by atoms with Gasteiger partial charge in [-0.25, -0.2) is 0 Å². The van der Waals surface area contributed by atoms with Crippen molar-refractivity contribution in [3.63, 3.8) is 0 Å². The van der Waals surface area contributed by atoms with Crippen molar-refractivity contribution in [2.75, 3.05) is 0 Å². The number of alkyl halides is 3. The highest BCUT2D eigenvalue weighted by atomic mass is 19.4. The molecule has 88 valence electrons. The second-order valence-electron chi connectivity index (χ2n) is 3.39. The van der Waals surface area contributed by atoms with E-state index in [-0.39, 0.29) is 11.1 Å². The molecule has 1 aromatic carbocycles. The molecule has 0 fully saturated rings. The van der Waals surface area contributed by atoms with Crippen molar-refractivity contribution in [3.05, 3.63) is 34.9 Å². The Labute approximate surface area is 89.7 Å². The van der Waals surface area contributed by atoms with Crippen LogP contribution in [0.15, 0.2) is 18.2 Å². The number of benzene rings is 1. The van der Waals surface area contributed by atoms with Crippen LogP contribution in [0.2, 0.25) is 0 Å². The second kappa shape index (κ2) is 4.13. The van der Waals surface area contributed by atoms with Gasteiger partial charge in [0.15, 0.2) is 0 Å². The van der Waals surface area contributed by atoms with Crippen molar-refractivity contribution in [1.82, 2.24) is 0 Å². The lowest BCUT2D eigenvalue weighted by molar-refractivity contribution is -0.138. The zero-order valence-electron chi connectivity index (χ0n) is 8.38. The summed E-state index contributed by atoms with van der Waals surface area (Å²) >= 11 is 0. The van der Waals surface area contributed by atoms with Gasteiger partial charge in [-0.2, -0.15) is 13.2 Å². The summed E-state index contributed by atoms with van der Waals surface area (Å²) in [7, 11) is 0. The molecule has 0 heterocycles. The van der Waals surface area contributed by atoms with Crippen LogP contribution in [0.25, 0.3) is 0 Å². The molecule has 0 spiro atoms. The molecule has 6 heteroatoms. The fourth-order valence-electron chi connectivity index (χ4n) is 1.33. The Morgan fingerprint density at radius 3 is 2.38 bits per heavy atom. The molecule has 0 radical (unpaired) electrons. The molecule has 0 aliphatic rings. The maximum absolute atomic E-state index is 12.3. The van der Waals surface area contributed by atoms with E-state index in [4.69, 9.17) is 10.8 Å². The molecule has 1 aromatic rings. The SMILES string of the molecule is Cc1cc(C(F)(F)F)ccc1C(N)C(=O)O. The number of aliphatic carboxylic acids is 1. The molecule has 0 aromatic heterocycles. The second-order valence-corrected chi connectivity index (χ2v) is 3.39. The molecule has 1 atom stereocenters. The van der Waals surface area contributed by atoms with Crippen LogP contribution in [0.1, 0.15) is 22.7 Å². The molecular weight excluding hydrogens is 223 g/mol. The number of carbonyl (C=O) groups is 1. The summed E-state index contributed by atoms with van der Waals surface area (Å²) in [6.07, 6.45) is -4.43. The molecule has 0 saturated carbocycles. The van der Waals surface area contributed by atoms with Gasteiger partial charge in [-0.15, -0.1) is 0 Å². The van der Waals surface area contributed by atoms with Gasteiger partial charge in [-0.3, -0.25) is 4.79 Å². The van der Waals surface area contributed by atoms with Crippen LogP contribution in [0.4, 0.5) is 13.2 Å². The van der Waals surface area contributed by atoms with Crippen LogP contribution in [0.5, 0.6) is 0 Å². The lowest BCUT2D eigenvalue weighted by Crippen LogP contribution is -2.22. The Morgan fingerprint density at radius 2 is 2.00 bits per heavy atom. The Kier molecular flexibility index (Phi) is 3.23. The maximum Gasteiger partial charge on any atom is 0.416 e. The zero-order valence-corrected chi connectivity index (χ0v) is 8.38. The minimum Gasteiger partial charge on any atom is -0.480 e. The van der Waals surface area contributed by atoms with Crippen molar-refractivity contribution in [2.24, 2.45) is 5.73 Å². The van der Waals surface area contributed by atoms with E-state index in [1.807, 2.05) is 0 Å². The number of aryl methyl sites for hydroxylation is 1. The monoisotopic (exact) mass is 233 g/mol. The van der Waals surface area contributed by atoms with Crippen LogP contribution < -0.4 is 5.73 Å². The van der Waals surface area contributed by atoms with Gasteiger partial charge in [0.2, 0.25) is 0 Å². The average Bonchev–Trinajstić information content (AvgIpc) is 2.15. The lowest BCUT2D eigenvalue weighted by Gasteiger charge is -2.13. The normalized spacial score (nSPS) is 13.6. The highest BCUT2D eigenvalue weighted by Gasteiger charge is 2.31. The van der Waals surface area contributed by atoms with Crippen LogP contribution >= 0.6 is 0 Å². The first-order chi connectivity index (χ1) is 7.23. The quantitative estimate of drug-likeness (QED) is 0.822. The van der Waals surface area contributed by atoms with Gasteiger partial charge in [-0.1, -0.05) is 6.07 Å². The molecule has 0 bridgehead atoms. The lowest BCUT2D eigenvalue weighted by atomic mass is 9.99. The first-order valence-electron chi connectivity index (χ1n) is 4.39. The molecule has 1 rings (SSSR count). The molecular formula is C10H10F3NO2. The van der Waals surface area contributed by atoms with Crippen molar-refractivity contribution in [1.29, 1.82) is 0 Å². The Bertz CT molecular complexity index is 415. The predicted octanol–water partition coefficient (Wildman–Crippen LogP) is 2.10. The van der Waals surface area contributed by atoms with Crippen molar-refractivity contribution >= 4 is 5.97 Å². The number of carboxylic acids is 1. The summed E-state index contributed by atoms with van der Waals surface area (Å²) in [4.78, 5) is 10.6. The van der Waals surface area contributed by atoms with E-state index in [9.17, 15) is 18.0 Å². The van der Waals surface area contributed by atoms with Gasteiger partial charge in [0, 0.05) is 0 Å². The van der Waals surface area contributed by atoms with Gasteiger partial charge in [0.05, 0.1) is 5.56 Å². The number of halogens is 3. The number of hydrogen-bond acceptors (Lipinski definition) is 2. The van der Waals surface area contributed by atoms with Gasteiger partial charge in [-0.05, 0) is 30.2 Å².